The van der Waals surface area contributed by atoms with Gasteiger partial charge in [0.25, 0.3) is 0 Å². The van der Waals surface area contributed by atoms with Gasteiger partial charge < -0.3 is 15.3 Å². The van der Waals surface area contributed by atoms with Gasteiger partial charge in [-0.3, -0.25) is 0 Å². The Hall–Kier alpha value is -0.580. The van der Waals surface area contributed by atoms with E-state index in [1.54, 1.807) is 0 Å². The summed E-state index contributed by atoms with van der Waals surface area (Å²) in [6, 6.07) is 7.19. The van der Waals surface area contributed by atoms with Gasteiger partial charge in [0, 0.05) is 30.2 Å². The fourth-order valence-corrected chi connectivity index (χ4v) is 3.53. The third-order valence-electron chi connectivity index (χ3n) is 3.78. The zero-order chi connectivity index (χ0) is 13.7. The van der Waals surface area contributed by atoms with E-state index in [2.05, 4.69) is 44.3 Å². The molecule has 1 saturated heterocycles. The highest BCUT2D eigenvalue weighted by molar-refractivity contribution is 9.10. The molecule has 0 saturated carbocycles. The van der Waals surface area contributed by atoms with Crippen LogP contribution in [0.15, 0.2) is 22.7 Å². The molecule has 1 heterocycles. The lowest BCUT2D eigenvalue weighted by molar-refractivity contribution is 0.279. The van der Waals surface area contributed by atoms with Crippen molar-refractivity contribution in [3.63, 3.8) is 0 Å². The Morgan fingerprint density at radius 2 is 2.32 bits per heavy atom. The summed E-state index contributed by atoms with van der Waals surface area (Å²) in [5, 5.41) is 12.2. The molecule has 2 N–H and O–H groups in total. The second-order valence-electron chi connectivity index (χ2n) is 5.17. The maximum absolute atomic E-state index is 9.00. The van der Waals surface area contributed by atoms with E-state index >= 15 is 0 Å². The minimum Gasteiger partial charge on any atom is -0.396 e. The van der Waals surface area contributed by atoms with Crippen molar-refractivity contribution in [1.82, 2.24) is 5.32 Å². The van der Waals surface area contributed by atoms with E-state index in [0.717, 1.165) is 25.9 Å². The van der Waals surface area contributed by atoms with Crippen LogP contribution in [0.5, 0.6) is 0 Å². The Morgan fingerprint density at radius 1 is 1.47 bits per heavy atom. The van der Waals surface area contributed by atoms with E-state index in [0.29, 0.717) is 12.6 Å². The van der Waals surface area contributed by atoms with Crippen LogP contribution in [0.1, 0.15) is 31.2 Å². The van der Waals surface area contributed by atoms with Crippen molar-refractivity contribution < 1.29 is 5.11 Å². The zero-order valence-electron chi connectivity index (χ0n) is 11.5. The predicted molar refractivity (Wildman–Crippen MR) is 83.6 cm³/mol. The average molecular weight is 327 g/mol. The molecule has 1 unspecified atom stereocenters. The first-order valence-electron chi connectivity index (χ1n) is 7.06. The molecule has 19 heavy (non-hydrogen) atoms. The summed E-state index contributed by atoms with van der Waals surface area (Å²) < 4.78 is 1.18. The molecule has 0 radical (unpaired) electrons. The number of benzene rings is 1. The van der Waals surface area contributed by atoms with Crippen molar-refractivity contribution in [3.8, 4) is 0 Å². The number of nitrogens with one attached hydrogen (secondary N) is 1. The van der Waals surface area contributed by atoms with E-state index in [4.69, 9.17) is 5.11 Å². The van der Waals surface area contributed by atoms with Crippen LogP contribution in [-0.4, -0.2) is 31.3 Å². The molecule has 1 aromatic carbocycles. The first kappa shape index (κ1) is 14.8. The van der Waals surface area contributed by atoms with Crippen molar-refractivity contribution in [2.75, 3.05) is 25.1 Å². The summed E-state index contributed by atoms with van der Waals surface area (Å²) >= 11 is 3.70. The van der Waals surface area contributed by atoms with Crippen LogP contribution in [0.3, 0.4) is 0 Å². The second-order valence-corrected chi connectivity index (χ2v) is 6.03. The quantitative estimate of drug-likeness (QED) is 0.843. The summed E-state index contributed by atoms with van der Waals surface area (Å²) in [6.45, 7) is 2.32. The predicted octanol–water partition coefficient (Wildman–Crippen LogP) is 2.91. The maximum Gasteiger partial charge on any atom is 0.0513 e. The van der Waals surface area contributed by atoms with Crippen molar-refractivity contribution in [1.29, 1.82) is 0 Å². The Balaban J connectivity index is 2.11. The summed E-state index contributed by atoms with van der Waals surface area (Å²) in [7, 11) is 1.97. The number of rotatable bonds is 6. The third-order valence-corrected chi connectivity index (χ3v) is 4.41. The molecule has 106 valence electrons. The molecule has 1 fully saturated rings. The lowest BCUT2D eigenvalue weighted by Gasteiger charge is -2.28. The maximum atomic E-state index is 9.00. The minimum absolute atomic E-state index is 0.298. The Morgan fingerprint density at radius 3 is 3.00 bits per heavy atom. The summed E-state index contributed by atoms with van der Waals surface area (Å²) in [6.07, 6.45) is 4.48. The molecule has 0 aromatic heterocycles. The highest BCUT2D eigenvalue weighted by Gasteiger charge is 2.25. The molecular formula is C15H23BrN2O. The van der Waals surface area contributed by atoms with E-state index < -0.39 is 0 Å². The normalized spacial score (nSPS) is 19.1. The molecule has 2 rings (SSSR count). The summed E-state index contributed by atoms with van der Waals surface area (Å²) in [5.41, 5.74) is 2.59. The number of hydrogen-bond acceptors (Lipinski definition) is 3. The molecule has 4 heteroatoms. The number of halogens is 1. The van der Waals surface area contributed by atoms with E-state index in [1.165, 1.54) is 28.6 Å². The average Bonchev–Trinajstić information content (AvgIpc) is 2.85. The highest BCUT2D eigenvalue weighted by Crippen LogP contribution is 2.34. The van der Waals surface area contributed by atoms with Crippen LogP contribution >= 0.6 is 15.9 Å². The minimum atomic E-state index is 0.298. The van der Waals surface area contributed by atoms with Gasteiger partial charge in [-0.15, -0.1) is 0 Å². The van der Waals surface area contributed by atoms with Crippen molar-refractivity contribution in [2.45, 2.75) is 38.3 Å². The standard InChI is InChI=1S/C15H23BrN2O/c1-17-11-12-6-7-15(14(16)10-12)18-8-2-4-13(18)5-3-9-19/h6-7,10,13,17,19H,2-5,8-9,11H2,1H3. The van der Waals surface area contributed by atoms with Gasteiger partial charge in [-0.2, -0.15) is 0 Å². The first-order chi connectivity index (χ1) is 9.26. The first-order valence-corrected chi connectivity index (χ1v) is 7.86. The SMILES string of the molecule is CNCc1ccc(N2CCCC2CCCO)c(Br)c1. The molecule has 1 aromatic rings. The largest absolute Gasteiger partial charge is 0.396 e. The van der Waals surface area contributed by atoms with Crippen molar-refractivity contribution >= 4 is 21.6 Å². The smallest absolute Gasteiger partial charge is 0.0513 e. The van der Waals surface area contributed by atoms with Crippen LogP contribution in [0.25, 0.3) is 0 Å². The molecule has 1 aliphatic heterocycles. The van der Waals surface area contributed by atoms with E-state index in [1.807, 2.05) is 7.05 Å². The van der Waals surface area contributed by atoms with Gasteiger partial charge in [0.05, 0.1) is 5.69 Å². The summed E-state index contributed by atoms with van der Waals surface area (Å²) in [4.78, 5) is 2.49. The Kier molecular flexibility index (Phi) is 5.67. The van der Waals surface area contributed by atoms with Crippen LogP contribution in [0, 0.1) is 0 Å². The summed E-state index contributed by atoms with van der Waals surface area (Å²) in [5.74, 6) is 0. The van der Waals surface area contributed by atoms with Crippen LogP contribution in [0.4, 0.5) is 5.69 Å². The molecule has 0 aliphatic carbocycles. The Bertz CT molecular complexity index is 411. The fraction of sp³-hybridized carbons (Fsp3) is 0.600. The topological polar surface area (TPSA) is 35.5 Å². The molecule has 0 amide bonds. The number of anilines is 1. The van der Waals surface area contributed by atoms with Gasteiger partial charge in [0.2, 0.25) is 0 Å². The number of aliphatic hydroxyl groups excluding tert-OH is 1. The molecule has 0 bridgehead atoms. The fourth-order valence-electron chi connectivity index (χ4n) is 2.88. The van der Waals surface area contributed by atoms with Crippen LogP contribution < -0.4 is 10.2 Å². The number of nitrogens with zero attached hydrogens (tertiary/aromatic N) is 1. The van der Waals surface area contributed by atoms with Gasteiger partial charge in [-0.25, -0.2) is 0 Å². The van der Waals surface area contributed by atoms with Crippen molar-refractivity contribution in [3.05, 3.63) is 28.2 Å². The van der Waals surface area contributed by atoms with E-state index in [-0.39, 0.29) is 0 Å². The Labute approximate surface area is 124 Å². The molecule has 0 spiro atoms. The lowest BCUT2D eigenvalue weighted by atomic mass is 10.1. The third kappa shape index (κ3) is 3.71. The molecular weight excluding hydrogens is 304 g/mol. The molecule has 3 nitrogen and oxygen atoms in total. The lowest BCUT2D eigenvalue weighted by Crippen LogP contribution is -2.29. The van der Waals surface area contributed by atoms with Crippen LogP contribution in [-0.2, 0) is 6.54 Å². The molecule has 1 atom stereocenters. The number of hydrogen-bond donors (Lipinski definition) is 2. The van der Waals surface area contributed by atoms with Crippen LogP contribution in [0.2, 0.25) is 0 Å². The highest BCUT2D eigenvalue weighted by atomic mass is 79.9. The van der Waals surface area contributed by atoms with Gasteiger partial charge in [-0.05, 0) is 66.4 Å². The van der Waals surface area contributed by atoms with Gasteiger partial charge in [0.1, 0.15) is 0 Å². The monoisotopic (exact) mass is 326 g/mol. The van der Waals surface area contributed by atoms with Gasteiger partial charge >= 0.3 is 0 Å². The number of aliphatic hydroxyl groups is 1. The van der Waals surface area contributed by atoms with Crippen molar-refractivity contribution in [2.24, 2.45) is 0 Å². The van der Waals surface area contributed by atoms with Gasteiger partial charge in [-0.1, -0.05) is 6.07 Å². The molecule has 1 aliphatic rings. The van der Waals surface area contributed by atoms with E-state index in [9.17, 15) is 0 Å². The second kappa shape index (κ2) is 7.27. The zero-order valence-corrected chi connectivity index (χ0v) is 13.1. The van der Waals surface area contributed by atoms with Gasteiger partial charge in [0.15, 0.2) is 0 Å².